The van der Waals surface area contributed by atoms with Gasteiger partial charge < -0.3 is 24.8 Å². The minimum absolute atomic E-state index is 0.319. The van der Waals surface area contributed by atoms with E-state index in [1.807, 2.05) is 54.6 Å². The lowest BCUT2D eigenvalue weighted by molar-refractivity contribution is -0.119. The summed E-state index contributed by atoms with van der Waals surface area (Å²) >= 11 is 0. The Morgan fingerprint density at radius 1 is 1.00 bits per heavy atom. The third-order valence-electron chi connectivity index (χ3n) is 8.21. The van der Waals surface area contributed by atoms with Gasteiger partial charge in [0.15, 0.2) is 11.5 Å². The average molecular weight is 569 g/mol. The summed E-state index contributed by atoms with van der Waals surface area (Å²) < 4.78 is 17.2. The number of piperidine rings is 1. The zero-order valence-electron chi connectivity index (χ0n) is 24.5. The highest BCUT2D eigenvalue weighted by molar-refractivity contribution is 5.94. The van der Waals surface area contributed by atoms with E-state index in [0.717, 1.165) is 73.2 Å². The number of aryl methyl sites for hydroxylation is 1. The number of primary amides is 1. The second-order valence-corrected chi connectivity index (χ2v) is 10.9. The van der Waals surface area contributed by atoms with Gasteiger partial charge in [-0.3, -0.25) is 4.79 Å². The molecule has 220 valence electrons. The summed E-state index contributed by atoms with van der Waals surface area (Å²) in [5, 5.41) is 0.872. The monoisotopic (exact) mass is 568 g/mol. The van der Waals surface area contributed by atoms with Crippen molar-refractivity contribution < 1.29 is 19.0 Å². The SMILES string of the molecule is COCCN1CCC(COc2cc3ncnc(-c4ccc(C(CCc5ccccc5)C(N)=O)cc4)c3cc2OC)CC1. The van der Waals surface area contributed by atoms with Gasteiger partial charge in [0.1, 0.15) is 6.33 Å². The first-order valence-electron chi connectivity index (χ1n) is 14.7. The first-order valence-corrected chi connectivity index (χ1v) is 14.7. The summed E-state index contributed by atoms with van der Waals surface area (Å²) in [5.41, 5.74) is 10.4. The predicted octanol–water partition coefficient (Wildman–Crippen LogP) is 5.24. The highest BCUT2D eigenvalue weighted by atomic mass is 16.5. The molecule has 8 heteroatoms. The molecule has 1 aliphatic heterocycles. The first kappa shape index (κ1) is 29.5. The first-order chi connectivity index (χ1) is 20.6. The molecular weight excluding hydrogens is 528 g/mol. The molecule has 1 atom stereocenters. The predicted molar refractivity (Wildman–Crippen MR) is 165 cm³/mol. The van der Waals surface area contributed by atoms with Gasteiger partial charge >= 0.3 is 0 Å². The molecule has 1 unspecified atom stereocenters. The van der Waals surface area contributed by atoms with Crippen molar-refractivity contribution in [3.8, 4) is 22.8 Å². The molecule has 2 heterocycles. The van der Waals surface area contributed by atoms with Gasteiger partial charge in [-0.2, -0.15) is 0 Å². The van der Waals surface area contributed by atoms with Gasteiger partial charge in [-0.25, -0.2) is 9.97 Å². The van der Waals surface area contributed by atoms with Gasteiger partial charge in [-0.1, -0.05) is 54.6 Å². The summed E-state index contributed by atoms with van der Waals surface area (Å²) in [4.78, 5) is 23.9. The van der Waals surface area contributed by atoms with Crippen LogP contribution >= 0.6 is 0 Å². The number of nitrogens with two attached hydrogens (primary N) is 1. The van der Waals surface area contributed by atoms with Gasteiger partial charge in [0.2, 0.25) is 5.91 Å². The van der Waals surface area contributed by atoms with E-state index >= 15 is 0 Å². The lowest BCUT2D eigenvalue weighted by Gasteiger charge is -2.31. The van der Waals surface area contributed by atoms with Gasteiger partial charge in [-0.05, 0) is 61.9 Å². The molecule has 5 rings (SSSR count). The maximum atomic E-state index is 12.3. The molecule has 3 aromatic carbocycles. The third-order valence-corrected chi connectivity index (χ3v) is 8.21. The van der Waals surface area contributed by atoms with Crippen LogP contribution in [-0.2, 0) is 16.0 Å². The number of benzene rings is 3. The molecule has 1 saturated heterocycles. The van der Waals surface area contributed by atoms with E-state index in [1.165, 1.54) is 5.56 Å². The summed E-state index contributed by atoms with van der Waals surface area (Å²) in [6.45, 7) is 4.52. The molecule has 1 amide bonds. The Labute approximate surface area is 247 Å². The Hall–Kier alpha value is -4.01. The zero-order valence-corrected chi connectivity index (χ0v) is 24.5. The van der Waals surface area contributed by atoms with Gasteiger partial charge in [0, 0.05) is 30.7 Å². The van der Waals surface area contributed by atoms with Crippen molar-refractivity contribution in [2.75, 3.05) is 47.1 Å². The fraction of sp³-hybridized carbons (Fsp3) is 0.382. The standard InChI is InChI=1S/C34H40N4O4/c1-40-19-18-38-16-14-25(15-17-38)22-42-32-21-30-29(20-31(32)41-2)33(37-23-36-30)27-11-9-26(10-12-27)28(34(35)39)13-8-24-6-4-3-5-7-24/h3-7,9-12,20-21,23,25,28H,8,13-19,22H2,1-2H3,(H2,35,39). The van der Waals surface area contributed by atoms with Crippen LogP contribution < -0.4 is 15.2 Å². The largest absolute Gasteiger partial charge is 0.493 e. The summed E-state index contributed by atoms with van der Waals surface area (Å²) in [7, 11) is 3.40. The number of rotatable bonds is 13. The van der Waals surface area contributed by atoms with E-state index < -0.39 is 0 Å². The summed E-state index contributed by atoms with van der Waals surface area (Å²) in [5.74, 6) is 1.16. The van der Waals surface area contributed by atoms with Crippen molar-refractivity contribution in [2.24, 2.45) is 11.7 Å². The number of nitrogens with zero attached hydrogens (tertiary/aromatic N) is 3. The van der Waals surface area contributed by atoms with Crippen LogP contribution in [-0.4, -0.2) is 67.8 Å². The van der Waals surface area contributed by atoms with Crippen molar-refractivity contribution >= 4 is 16.8 Å². The topological polar surface area (TPSA) is 99.8 Å². The number of carbonyl (C=O) groups is 1. The quantitative estimate of drug-likeness (QED) is 0.235. The second kappa shape index (κ2) is 14.2. The van der Waals surface area contributed by atoms with Crippen LogP contribution in [0.3, 0.4) is 0 Å². The highest BCUT2D eigenvalue weighted by Crippen LogP contribution is 2.36. The van der Waals surface area contributed by atoms with Crippen LogP contribution in [0, 0.1) is 5.92 Å². The number of hydrogen-bond acceptors (Lipinski definition) is 7. The molecule has 4 aromatic rings. The maximum Gasteiger partial charge on any atom is 0.224 e. The molecule has 1 aliphatic rings. The number of likely N-dealkylation sites (tertiary alicyclic amines) is 1. The molecule has 0 radical (unpaired) electrons. The maximum absolute atomic E-state index is 12.3. The van der Waals surface area contributed by atoms with Crippen LogP contribution in [0.25, 0.3) is 22.2 Å². The molecule has 1 fully saturated rings. The average Bonchev–Trinajstić information content (AvgIpc) is 3.03. The van der Waals surface area contributed by atoms with Crippen molar-refractivity contribution in [3.63, 3.8) is 0 Å². The number of fused-ring (bicyclic) bond motifs is 1. The molecule has 0 spiro atoms. The van der Waals surface area contributed by atoms with E-state index in [0.29, 0.717) is 30.4 Å². The van der Waals surface area contributed by atoms with E-state index in [2.05, 4.69) is 27.0 Å². The fourth-order valence-corrected chi connectivity index (χ4v) is 5.67. The molecule has 2 N–H and O–H groups in total. The van der Waals surface area contributed by atoms with Crippen LogP contribution in [0.15, 0.2) is 73.1 Å². The molecule has 0 aliphatic carbocycles. The van der Waals surface area contributed by atoms with Crippen molar-refractivity contribution in [2.45, 2.75) is 31.6 Å². The van der Waals surface area contributed by atoms with Gasteiger partial charge in [-0.15, -0.1) is 0 Å². The Morgan fingerprint density at radius 3 is 2.45 bits per heavy atom. The minimum atomic E-state index is -0.362. The van der Waals surface area contributed by atoms with Crippen LogP contribution in [0.1, 0.15) is 36.3 Å². The van der Waals surface area contributed by atoms with Crippen LogP contribution in [0.4, 0.5) is 0 Å². The normalized spacial score (nSPS) is 15.0. The Morgan fingerprint density at radius 2 is 1.76 bits per heavy atom. The van der Waals surface area contributed by atoms with E-state index in [-0.39, 0.29) is 11.8 Å². The number of methoxy groups -OCH3 is 2. The second-order valence-electron chi connectivity index (χ2n) is 10.9. The molecule has 0 bridgehead atoms. The van der Waals surface area contributed by atoms with E-state index in [1.54, 1.807) is 20.5 Å². The van der Waals surface area contributed by atoms with E-state index in [9.17, 15) is 4.79 Å². The zero-order chi connectivity index (χ0) is 29.3. The Balaban J connectivity index is 1.30. The van der Waals surface area contributed by atoms with Crippen molar-refractivity contribution in [1.29, 1.82) is 0 Å². The van der Waals surface area contributed by atoms with Crippen molar-refractivity contribution in [1.82, 2.24) is 14.9 Å². The molecule has 0 saturated carbocycles. The number of hydrogen-bond donors (Lipinski definition) is 1. The number of ether oxygens (including phenoxy) is 3. The highest BCUT2D eigenvalue weighted by Gasteiger charge is 2.21. The Kier molecular flexibility index (Phi) is 10.0. The van der Waals surface area contributed by atoms with Gasteiger partial charge in [0.25, 0.3) is 0 Å². The molecular formula is C34H40N4O4. The smallest absolute Gasteiger partial charge is 0.224 e. The molecule has 42 heavy (non-hydrogen) atoms. The third kappa shape index (κ3) is 7.24. The fourth-order valence-electron chi connectivity index (χ4n) is 5.67. The van der Waals surface area contributed by atoms with Crippen LogP contribution in [0.2, 0.25) is 0 Å². The number of carbonyl (C=O) groups excluding carboxylic acids is 1. The lowest BCUT2D eigenvalue weighted by Crippen LogP contribution is -2.37. The minimum Gasteiger partial charge on any atom is -0.493 e. The number of aromatic nitrogens is 2. The Bertz CT molecular complexity index is 1450. The van der Waals surface area contributed by atoms with Crippen molar-refractivity contribution in [3.05, 3.63) is 84.2 Å². The molecule has 8 nitrogen and oxygen atoms in total. The number of amides is 1. The van der Waals surface area contributed by atoms with E-state index in [4.69, 9.17) is 19.9 Å². The summed E-state index contributed by atoms with van der Waals surface area (Å²) in [6.07, 6.45) is 5.21. The van der Waals surface area contributed by atoms with Gasteiger partial charge in [0.05, 0.1) is 37.5 Å². The summed E-state index contributed by atoms with van der Waals surface area (Å²) in [6, 6.07) is 22.0. The van der Waals surface area contributed by atoms with Crippen LogP contribution in [0.5, 0.6) is 11.5 Å². The lowest BCUT2D eigenvalue weighted by atomic mass is 9.90. The molecule has 1 aromatic heterocycles.